The van der Waals surface area contributed by atoms with Crippen molar-refractivity contribution in [3.63, 3.8) is 0 Å². The van der Waals surface area contributed by atoms with Crippen LogP contribution in [0, 0.1) is 0 Å². The van der Waals surface area contributed by atoms with Gasteiger partial charge in [-0.2, -0.15) is 0 Å². The zero-order valence-electron chi connectivity index (χ0n) is 19.1. The molecule has 0 aliphatic carbocycles. The van der Waals surface area contributed by atoms with Gasteiger partial charge in [-0.15, -0.1) is 0 Å². The van der Waals surface area contributed by atoms with Gasteiger partial charge in [-0.1, -0.05) is 60.7 Å². The fraction of sp³-hybridized carbons (Fsp3) is 0.214. The van der Waals surface area contributed by atoms with Crippen LogP contribution in [0.3, 0.4) is 0 Å². The molecular formula is C28H25NO5. The monoisotopic (exact) mass is 455 g/mol. The number of esters is 1. The van der Waals surface area contributed by atoms with Crippen LogP contribution in [-0.4, -0.2) is 29.8 Å². The third-order valence-corrected chi connectivity index (χ3v) is 6.06. The first kappa shape index (κ1) is 21.8. The molecule has 172 valence electrons. The number of ether oxygens (including phenoxy) is 3. The van der Waals surface area contributed by atoms with Crippen molar-refractivity contribution in [2.24, 2.45) is 0 Å². The molecule has 5 rings (SSSR count). The maximum atomic E-state index is 13.0. The highest BCUT2D eigenvalue weighted by Gasteiger charge is 2.35. The molecule has 3 aromatic carbocycles. The van der Waals surface area contributed by atoms with Crippen LogP contribution in [0.5, 0.6) is 5.88 Å². The van der Waals surface area contributed by atoms with E-state index in [0.29, 0.717) is 23.6 Å². The second kappa shape index (κ2) is 9.06. The number of nitrogens with zero attached hydrogens (tertiary/aromatic N) is 1. The fourth-order valence-electron chi connectivity index (χ4n) is 4.74. The molecular weight excluding hydrogens is 430 g/mol. The number of fused-ring (bicyclic) bond motifs is 4. The summed E-state index contributed by atoms with van der Waals surface area (Å²) in [6.07, 6.45) is 1.31. The highest BCUT2D eigenvalue weighted by molar-refractivity contribution is 5.97. The quantitative estimate of drug-likeness (QED) is 0.272. The minimum absolute atomic E-state index is 0.142. The number of hydrogen-bond donors (Lipinski definition) is 0. The molecule has 4 aromatic rings. The Labute approximate surface area is 197 Å². The number of para-hydroxylation sites is 1. The topological polar surface area (TPSA) is 66.8 Å². The van der Waals surface area contributed by atoms with E-state index in [9.17, 15) is 9.59 Å². The maximum absolute atomic E-state index is 13.0. The Hall–Kier alpha value is -4.06. The first-order valence-electron chi connectivity index (χ1n) is 11.5. The van der Waals surface area contributed by atoms with Crippen molar-refractivity contribution < 1.29 is 23.8 Å². The van der Waals surface area contributed by atoms with Crippen LogP contribution >= 0.6 is 0 Å². The summed E-state index contributed by atoms with van der Waals surface area (Å²) >= 11 is 0. The molecule has 2 heterocycles. The molecule has 6 heteroatoms. The molecule has 1 aliphatic rings. The number of benzene rings is 3. The molecule has 1 atom stereocenters. The van der Waals surface area contributed by atoms with Gasteiger partial charge in [0, 0.05) is 23.3 Å². The summed E-state index contributed by atoms with van der Waals surface area (Å²) in [4.78, 5) is 25.3. The molecule has 1 aliphatic heterocycles. The van der Waals surface area contributed by atoms with E-state index in [1.165, 1.54) is 10.6 Å². The predicted octanol–water partition coefficient (Wildman–Crippen LogP) is 6.16. The third-order valence-electron chi connectivity index (χ3n) is 6.06. The summed E-state index contributed by atoms with van der Waals surface area (Å²) in [5.74, 6) is 0.198. The summed E-state index contributed by atoms with van der Waals surface area (Å²) in [7, 11) is 0. The van der Waals surface area contributed by atoms with E-state index in [-0.39, 0.29) is 19.1 Å². The van der Waals surface area contributed by atoms with Crippen LogP contribution in [0.2, 0.25) is 0 Å². The van der Waals surface area contributed by atoms with E-state index >= 15 is 0 Å². The number of carbonyl (C=O) groups excluding carboxylic acids is 2. The van der Waals surface area contributed by atoms with Crippen LogP contribution in [0.15, 0.2) is 78.6 Å². The van der Waals surface area contributed by atoms with E-state index in [0.717, 1.165) is 27.3 Å². The molecule has 0 N–H and O–H groups in total. The first-order chi connectivity index (χ1) is 16.6. The Morgan fingerprint density at radius 2 is 1.65 bits per heavy atom. The average Bonchev–Trinajstić information content (AvgIpc) is 3.18. The lowest BCUT2D eigenvalue weighted by Crippen LogP contribution is -2.20. The average molecular weight is 456 g/mol. The van der Waals surface area contributed by atoms with Crippen LogP contribution in [-0.2, 0) is 14.3 Å². The standard InChI is InChI=1S/C28H25NO5/c1-3-32-25(30)17-19-16-23(21-14-9-11-18-10-5-6-12-20(18)21)26-22-13-7-8-15-24(22)29(27(26)34-19)28(31)33-4-2/h5-15,17,23H,3-4,16H2,1-2H3/b19-17+. The Kier molecular flexibility index (Phi) is 5.80. The molecule has 0 saturated heterocycles. The Bertz CT molecular complexity index is 1430. The maximum Gasteiger partial charge on any atom is 0.421 e. The highest BCUT2D eigenvalue weighted by Crippen LogP contribution is 2.48. The summed E-state index contributed by atoms with van der Waals surface area (Å²) in [6, 6.07) is 22.1. The second-order valence-electron chi connectivity index (χ2n) is 8.06. The van der Waals surface area contributed by atoms with Gasteiger partial charge in [0.15, 0.2) is 0 Å². The van der Waals surface area contributed by atoms with Crippen LogP contribution < -0.4 is 4.74 Å². The van der Waals surface area contributed by atoms with E-state index in [1.54, 1.807) is 13.8 Å². The number of hydrogen-bond acceptors (Lipinski definition) is 5. The summed E-state index contributed by atoms with van der Waals surface area (Å²) in [6.45, 7) is 4.03. The van der Waals surface area contributed by atoms with Crippen molar-refractivity contribution in [1.29, 1.82) is 0 Å². The number of aromatic nitrogens is 1. The summed E-state index contributed by atoms with van der Waals surface area (Å²) < 4.78 is 18.2. The van der Waals surface area contributed by atoms with Gasteiger partial charge >= 0.3 is 12.1 Å². The van der Waals surface area contributed by atoms with Crippen molar-refractivity contribution in [3.8, 4) is 5.88 Å². The van der Waals surface area contributed by atoms with Crippen molar-refractivity contribution in [1.82, 2.24) is 4.57 Å². The lowest BCUT2D eigenvalue weighted by atomic mass is 9.83. The minimum Gasteiger partial charge on any atom is -0.463 e. The smallest absolute Gasteiger partial charge is 0.421 e. The van der Waals surface area contributed by atoms with Crippen molar-refractivity contribution in [2.75, 3.05) is 13.2 Å². The summed E-state index contributed by atoms with van der Waals surface area (Å²) in [5.41, 5.74) is 2.71. The Morgan fingerprint density at radius 3 is 2.44 bits per heavy atom. The van der Waals surface area contributed by atoms with Gasteiger partial charge in [0.05, 0.1) is 24.8 Å². The molecule has 0 bridgehead atoms. The highest BCUT2D eigenvalue weighted by atomic mass is 16.6. The normalized spacial score (nSPS) is 16.3. The largest absolute Gasteiger partial charge is 0.463 e. The SMILES string of the molecule is CCOC(=O)/C=C1\CC(c2cccc3ccccc23)c2c(n(C(=O)OCC)c3ccccc23)O1. The van der Waals surface area contributed by atoms with Crippen LogP contribution in [0.4, 0.5) is 4.79 Å². The predicted molar refractivity (Wildman–Crippen MR) is 130 cm³/mol. The van der Waals surface area contributed by atoms with Crippen molar-refractivity contribution in [2.45, 2.75) is 26.2 Å². The van der Waals surface area contributed by atoms with E-state index < -0.39 is 12.1 Å². The van der Waals surface area contributed by atoms with Gasteiger partial charge in [-0.25, -0.2) is 14.2 Å². The van der Waals surface area contributed by atoms with Gasteiger partial charge in [0.1, 0.15) is 5.76 Å². The minimum atomic E-state index is -0.519. The molecule has 1 unspecified atom stereocenters. The lowest BCUT2D eigenvalue weighted by molar-refractivity contribution is -0.137. The van der Waals surface area contributed by atoms with E-state index in [4.69, 9.17) is 14.2 Å². The molecule has 34 heavy (non-hydrogen) atoms. The second-order valence-corrected chi connectivity index (χ2v) is 8.06. The van der Waals surface area contributed by atoms with Gasteiger partial charge in [-0.05, 0) is 36.2 Å². The van der Waals surface area contributed by atoms with Crippen molar-refractivity contribution in [3.05, 3.63) is 89.7 Å². The lowest BCUT2D eigenvalue weighted by Gasteiger charge is -2.27. The van der Waals surface area contributed by atoms with Crippen LogP contribution in [0.25, 0.3) is 21.7 Å². The van der Waals surface area contributed by atoms with Crippen molar-refractivity contribution >= 4 is 33.7 Å². The number of rotatable bonds is 4. The van der Waals surface area contributed by atoms with Gasteiger partial charge < -0.3 is 14.2 Å². The molecule has 0 spiro atoms. The molecule has 6 nitrogen and oxygen atoms in total. The zero-order valence-corrected chi connectivity index (χ0v) is 19.1. The third kappa shape index (κ3) is 3.71. The van der Waals surface area contributed by atoms with E-state index in [2.05, 4.69) is 24.3 Å². The molecule has 0 saturated carbocycles. The first-order valence-corrected chi connectivity index (χ1v) is 11.5. The zero-order chi connectivity index (χ0) is 23.7. The summed E-state index contributed by atoms with van der Waals surface area (Å²) in [5, 5.41) is 3.16. The number of allylic oxidation sites excluding steroid dienone is 1. The van der Waals surface area contributed by atoms with E-state index in [1.807, 2.05) is 42.5 Å². The Morgan fingerprint density at radius 1 is 0.941 bits per heavy atom. The fourth-order valence-corrected chi connectivity index (χ4v) is 4.74. The van der Waals surface area contributed by atoms with Gasteiger partial charge in [0.25, 0.3) is 0 Å². The molecule has 0 radical (unpaired) electrons. The Balaban J connectivity index is 1.79. The molecule has 0 amide bonds. The molecule has 0 fully saturated rings. The van der Waals surface area contributed by atoms with Gasteiger partial charge in [0.2, 0.25) is 5.88 Å². The van der Waals surface area contributed by atoms with Gasteiger partial charge in [-0.3, -0.25) is 0 Å². The van der Waals surface area contributed by atoms with Crippen LogP contribution in [0.1, 0.15) is 37.3 Å². The number of carbonyl (C=O) groups is 2. The molecule has 1 aromatic heterocycles.